The van der Waals surface area contributed by atoms with Crippen LogP contribution in [0, 0.1) is 0 Å². The number of carboxylic acids is 1. The molecule has 0 bridgehead atoms. The van der Waals surface area contributed by atoms with E-state index in [4.69, 9.17) is 30.9 Å². The first-order valence-corrected chi connectivity index (χ1v) is 5.76. The molecule has 0 aliphatic carbocycles. The highest BCUT2D eigenvalue weighted by molar-refractivity contribution is 6.32. The predicted octanol–water partition coefficient (Wildman–Crippen LogP) is 1.99. The Labute approximate surface area is 114 Å². The van der Waals surface area contributed by atoms with Gasteiger partial charge >= 0.3 is 11.9 Å². The lowest BCUT2D eigenvalue weighted by atomic mass is 10.2. The van der Waals surface area contributed by atoms with E-state index >= 15 is 0 Å². The summed E-state index contributed by atoms with van der Waals surface area (Å²) >= 11 is 5.90. The molecule has 104 valence electrons. The van der Waals surface area contributed by atoms with Crippen LogP contribution in [0.4, 0.5) is 0 Å². The molecule has 0 heterocycles. The molecule has 0 fully saturated rings. The van der Waals surface area contributed by atoms with Crippen molar-refractivity contribution in [1.82, 2.24) is 0 Å². The second-order valence-corrected chi connectivity index (χ2v) is 3.80. The van der Waals surface area contributed by atoms with Crippen molar-refractivity contribution in [3.63, 3.8) is 0 Å². The molecule has 0 saturated carbocycles. The van der Waals surface area contributed by atoms with Crippen molar-refractivity contribution < 1.29 is 28.9 Å². The minimum absolute atomic E-state index is 0.0367. The lowest BCUT2D eigenvalue weighted by Crippen LogP contribution is -2.15. The highest BCUT2D eigenvalue weighted by Crippen LogP contribution is 2.36. The largest absolute Gasteiger partial charge is 0.493 e. The molecule has 19 heavy (non-hydrogen) atoms. The smallest absolute Gasteiger partial charge is 0.344 e. The first kappa shape index (κ1) is 15.1. The summed E-state index contributed by atoms with van der Waals surface area (Å²) in [6.45, 7) is 1.58. The highest BCUT2D eigenvalue weighted by atomic mass is 35.5. The van der Waals surface area contributed by atoms with Gasteiger partial charge in [-0.05, 0) is 19.1 Å². The fraction of sp³-hybridized carbons (Fsp3) is 0.333. The average Bonchev–Trinajstić information content (AvgIpc) is 2.36. The van der Waals surface area contributed by atoms with E-state index in [1.54, 1.807) is 6.92 Å². The summed E-state index contributed by atoms with van der Waals surface area (Å²) in [5.41, 5.74) is -0.0367. The molecule has 0 spiro atoms. The number of ether oxygens (including phenoxy) is 3. The normalized spacial score (nSPS) is 9.84. The lowest BCUT2D eigenvalue weighted by molar-refractivity contribution is -0.145. The van der Waals surface area contributed by atoms with E-state index in [9.17, 15) is 9.59 Å². The number of carbonyl (C=O) groups excluding carboxylic acids is 1. The molecule has 6 nitrogen and oxygen atoms in total. The monoisotopic (exact) mass is 288 g/mol. The Morgan fingerprint density at radius 3 is 2.58 bits per heavy atom. The van der Waals surface area contributed by atoms with E-state index in [0.29, 0.717) is 0 Å². The summed E-state index contributed by atoms with van der Waals surface area (Å²) < 4.78 is 14.9. The maximum absolute atomic E-state index is 11.2. The fourth-order valence-corrected chi connectivity index (χ4v) is 1.58. The number of hydrogen-bond donors (Lipinski definition) is 1. The van der Waals surface area contributed by atoms with Gasteiger partial charge in [-0.2, -0.15) is 0 Å². The molecule has 0 amide bonds. The maximum Gasteiger partial charge on any atom is 0.344 e. The van der Waals surface area contributed by atoms with Crippen LogP contribution in [0.3, 0.4) is 0 Å². The fourth-order valence-electron chi connectivity index (χ4n) is 1.32. The Balaban J connectivity index is 2.94. The van der Waals surface area contributed by atoms with Crippen molar-refractivity contribution >= 4 is 23.5 Å². The number of halogens is 1. The Bertz CT molecular complexity index is 485. The van der Waals surface area contributed by atoms with Gasteiger partial charge in [-0.3, -0.25) is 0 Å². The summed E-state index contributed by atoms with van der Waals surface area (Å²) in [5.74, 6) is -1.46. The molecule has 1 N–H and O–H groups in total. The minimum Gasteiger partial charge on any atom is -0.493 e. The third kappa shape index (κ3) is 4.03. The molecule has 0 aromatic heterocycles. The summed E-state index contributed by atoms with van der Waals surface area (Å²) in [6.07, 6.45) is 0. The summed E-state index contributed by atoms with van der Waals surface area (Å²) in [4.78, 5) is 22.0. The SMILES string of the molecule is CCOC(=O)COc1c(Cl)cc(C(=O)O)cc1OC. The van der Waals surface area contributed by atoms with E-state index < -0.39 is 11.9 Å². The summed E-state index contributed by atoms with van der Waals surface area (Å²) in [5, 5.41) is 8.92. The van der Waals surface area contributed by atoms with Crippen LogP contribution in [-0.4, -0.2) is 37.4 Å². The van der Waals surface area contributed by atoms with E-state index in [1.165, 1.54) is 19.2 Å². The molecule has 0 atom stereocenters. The third-order valence-corrected chi connectivity index (χ3v) is 2.40. The van der Waals surface area contributed by atoms with Gasteiger partial charge in [0.15, 0.2) is 18.1 Å². The van der Waals surface area contributed by atoms with E-state index in [2.05, 4.69) is 0 Å². The maximum atomic E-state index is 11.2. The number of carbonyl (C=O) groups is 2. The number of aromatic carboxylic acids is 1. The lowest BCUT2D eigenvalue weighted by Gasteiger charge is -2.12. The van der Waals surface area contributed by atoms with Gasteiger partial charge in [0.1, 0.15) is 0 Å². The molecule has 0 unspecified atom stereocenters. The van der Waals surface area contributed by atoms with E-state index in [-0.39, 0.29) is 35.3 Å². The Hall–Kier alpha value is -1.95. The van der Waals surface area contributed by atoms with Crippen LogP contribution in [0.25, 0.3) is 0 Å². The number of carboxylic acid groups (broad SMARTS) is 1. The summed E-state index contributed by atoms with van der Waals surface area (Å²) in [7, 11) is 1.34. The van der Waals surface area contributed by atoms with Gasteiger partial charge in [0.25, 0.3) is 0 Å². The molecule has 7 heteroatoms. The molecule has 0 radical (unpaired) electrons. The van der Waals surface area contributed by atoms with Crippen molar-refractivity contribution in [3.8, 4) is 11.5 Å². The molecular formula is C12H13ClO6. The third-order valence-electron chi connectivity index (χ3n) is 2.12. The Morgan fingerprint density at radius 1 is 1.37 bits per heavy atom. The zero-order valence-electron chi connectivity index (χ0n) is 10.4. The van der Waals surface area contributed by atoms with Gasteiger partial charge in [0.05, 0.1) is 24.3 Å². The molecule has 1 rings (SSSR count). The van der Waals surface area contributed by atoms with Crippen molar-refractivity contribution in [2.45, 2.75) is 6.92 Å². The number of esters is 1. The topological polar surface area (TPSA) is 82.1 Å². The number of benzene rings is 1. The van der Waals surface area contributed by atoms with Crippen LogP contribution in [0.5, 0.6) is 11.5 Å². The average molecular weight is 289 g/mol. The first-order chi connectivity index (χ1) is 8.99. The van der Waals surface area contributed by atoms with Crippen LogP contribution >= 0.6 is 11.6 Å². The van der Waals surface area contributed by atoms with Crippen LogP contribution in [0.15, 0.2) is 12.1 Å². The van der Waals surface area contributed by atoms with Crippen LogP contribution < -0.4 is 9.47 Å². The van der Waals surface area contributed by atoms with Crippen LogP contribution in [0.2, 0.25) is 5.02 Å². The molecular weight excluding hydrogens is 276 g/mol. The number of rotatable bonds is 6. The van der Waals surface area contributed by atoms with Crippen molar-refractivity contribution in [1.29, 1.82) is 0 Å². The van der Waals surface area contributed by atoms with Gasteiger partial charge in [-0.1, -0.05) is 11.6 Å². The Morgan fingerprint density at radius 2 is 2.05 bits per heavy atom. The zero-order chi connectivity index (χ0) is 14.4. The zero-order valence-corrected chi connectivity index (χ0v) is 11.2. The number of methoxy groups -OCH3 is 1. The Kier molecular flexibility index (Phi) is 5.44. The van der Waals surface area contributed by atoms with Gasteiger partial charge in [0.2, 0.25) is 0 Å². The highest BCUT2D eigenvalue weighted by Gasteiger charge is 2.16. The molecule has 1 aromatic carbocycles. The summed E-state index contributed by atoms with van der Waals surface area (Å²) in [6, 6.07) is 2.47. The standard InChI is InChI=1S/C12H13ClO6/c1-3-18-10(14)6-19-11-8(13)4-7(12(15)16)5-9(11)17-2/h4-5H,3,6H2,1-2H3,(H,15,16). The van der Waals surface area contributed by atoms with Gasteiger partial charge < -0.3 is 19.3 Å². The molecule has 0 saturated heterocycles. The quantitative estimate of drug-likeness (QED) is 0.806. The van der Waals surface area contributed by atoms with E-state index in [1.807, 2.05) is 0 Å². The van der Waals surface area contributed by atoms with Gasteiger partial charge in [0, 0.05) is 0 Å². The predicted molar refractivity (Wildman–Crippen MR) is 67.1 cm³/mol. The van der Waals surface area contributed by atoms with Crippen molar-refractivity contribution in [2.75, 3.05) is 20.3 Å². The van der Waals surface area contributed by atoms with Crippen LogP contribution in [-0.2, 0) is 9.53 Å². The van der Waals surface area contributed by atoms with Crippen LogP contribution in [0.1, 0.15) is 17.3 Å². The molecule has 0 aliphatic heterocycles. The van der Waals surface area contributed by atoms with Gasteiger partial charge in [-0.15, -0.1) is 0 Å². The molecule has 0 aliphatic rings. The second-order valence-electron chi connectivity index (χ2n) is 3.39. The second kappa shape index (κ2) is 6.84. The molecule has 1 aromatic rings. The number of hydrogen-bond acceptors (Lipinski definition) is 5. The first-order valence-electron chi connectivity index (χ1n) is 5.38. The van der Waals surface area contributed by atoms with Crippen molar-refractivity contribution in [3.05, 3.63) is 22.7 Å². The van der Waals surface area contributed by atoms with Crippen molar-refractivity contribution in [2.24, 2.45) is 0 Å². The van der Waals surface area contributed by atoms with Gasteiger partial charge in [-0.25, -0.2) is 9.59 Å². The van der Waals surface area contributed by atoms with E-state index in [0.717, 1.165) is 0 Å². The minimum atomic E-state index is -1.14.